The van der Waals surface area contributed by atoms with Crippen LogP contribution in [0.3, 0.4) is 0 Å². The fraction of sp³-hybridized carbons (Fsp3) is 0.500. The van der Waals surface area contributed by atoms with Crippen LogP contribution in [0.25, 0.3) is 0 Å². The maximum atomic E-state index is 12.6. The van der Waals surface area contributed by atoms with Gasteiger partial charge >= 0.3 is 0 Å². The predicted molar refractivity (Wildman–Crippen MR) is 93.1 cm³/mol. The third kappa shape index (κ3) is 4.56. The van der Waals surface area contributed by atoms with Gasteiger partial charge in [-0.25, -0.2) is 13.1 Å². The van der Waals surface area contributed by atoms with Crippen LogP contribution in [0.2, 0.25) is 0 Å². The highest BCUT2D eigenvalue weighted by Crippen LogP contribution is 2.31. The molecule has 8 nitrogen and oxygen atoms in total. The zero-order valence-electron chi connectivity index (χ0n) is 14.6. The van der Waals surface area contributed by atoms with Gasteiger partial charge in [0.15, 0.2) is 0 Å². The van der Waals surface area contributed by atoms with E-state index in [1.54, 1.807) is 0 Å². The quantitative estimate of drug-likeness (QED) is 0.532. The lowest BCUT2D eigenvalue weighted by molar-refractivity contribution is -0.121. The second kappa shape index (κ2) is 7.94. The summed E-state index contributed by atoms with van der Waals surface area (Å²) in [4.78, 5) is 26.6. The number of nitrogens with zero attached hydrogens (tertiary/aromatic N) is 2. The number of hydrogen-bond acceptors (Lipinski definition) is 6. The van der Waals surface area contributed by atoms with E-state index in [1.807, 2.05) is 19.0 Å². The molecule has 2 rings (SSSR count). The third-order valence-electron chi connectivity index (χ3n) is 3.82. The van der Waals surface area contributed by atoms with Gasteiger partial charge in [-0.3, -0.25) is 14.5 Å². The van der Waals surface area contributed by atoms with Crippen molar-refractivity contribution in [2.75, 3.05) is 39.2 Å². The molecule has 1 aliphatic heterocycles. The van der Waals surface area contributed by atoms with Crippen molar-refractivity contribution in [3.05, 3.63) is 18.2 Å². The van der Waals surface area contributed by atoms with Crippen LogP contribution in [0.4, 0.5) is 5.69 Å². The van der Waals surface area contributed by atoms with Gasteiger partial charge in [0.1, 0.15) is 10.6 Å². The van der Waals surface area contributed by atoms with Crippen LogP contribution in [0.15, 0.2) is 23.1 Å². The predicted octanol–water partition coefficient (Wildman–Crippen LogP) is 0.579. The van der Waals surface area contributed by atoms with Gasteiger partial charge in [0.25, 0.3) is 0 Å². The summed E-state index contributed by atoms with van der Waals surface area (Å²) in [6, 6.07) is 4.25. The molecule has 0 aromatic heterocycles. The Morgan fingerprint density at radius 2 is 1.84 bits per heavy atom. The van der Waals surface area contributed by atoms with Gasteiger partial charge < -0.3 is 9.64 Å². The summed E-state index contributed by atoms with van der Waals surface area (Å²) in [7, 11) is 1.35. The van der Waals surface area contributed by atoms with E-state index in [9.17, 15) is 18.0 Å². The molecule has 1 aromatic rings. The van der Waals surface area contributed by atoms with Gasteiger partial charge in [-0.05, 0) is 45.3 Å². The van der Waals surface area contributed by atoms with E-state index >= 15 is 0 Å². The normalized spacial score (nSPS) is 15.3. The molecule has 1 N–H and O–H groups in total. The topological polar surface area (TPSA) is 96.0 Å². The summed E-state index contributed by atoms with van der Waals surface area (Å²) in [5, 5.41) is 0. The first-order valence-electron chi connectivity index (χ1n) is 7.94. The van der Waals surface area contributed by atoms with E-state index in [1.165, 1.54) is 25.3 Å². The summed E-state index contributed by atoms with van der Waals surface area (Å²) in [5.74, 6) is -0.516. The van der Waals surface area contributed by atoms with E-state index in [0.717, 1.165) is 11.4 Å². The molecule has 0 saturated carbocycles. The zero-order chi connectivity index (χ0) is 18.6. The highest BCUT2D eigenvalue weighted by molar-refractivity contribution is 7.89. The van der Waals surface area contributed by atoms with Crippen molar-refractivity contribution in [3.8, 4) is 5.75 Å². The van der Waals surface area contributed by atoms with Crippen molar-refractivity contribution in [3.63, 3.8) is 0 Å². The molecule has 0 atom stereocenters. The van der Waals surface area contributed by atoms with Crippen molar-refractivity contribution in [2.45, 2.75) is 24.2 Å². The van der Waals surface area contributed by atoms with Crippen molar-refractivity contribution < 1.29 is 22.7 Å². The molecular formula is C16H23N3O5S. The number of rotatable bonds is 8. The highest BCUT2D eigenvalue weighted by Gasteiger charge is 2.31. The minimum absolute atomic E-state index is 0.0927. The first-order valence-corrected chi connectivity index (χ1v) is 9.43. The van der Waals surface area contributed by atoms with Crippen LogP contribution in [0.1, 0.15) is 19.3 Å². The fourth-order valence-corrected chi connectivity index (χ4v) is 3.82. The fourth-order valence-electron chi connectivity index (χ4n) is 2.56. The van der Waals surface area contributed by atoms with Crippen molar-refractivity contribution in [1.82, 2.24) is 9.62 Å². The van der Waals surface area contributed by atoms with Crippen LogP contribution in [0.5, 0.6) is 5.75 Å². The summed E-state index contributed by atoms with van der Waals surface area (Å²) in [6.45, 7) is 1.02. The summed E-state index contributed by atoms with van der Waals surface area (Å²) >= 11 is 0. The minimum Gasteiger partial charge on any atom is -0.495 e. The molecule has 2 amide bonds. The molecule has 0 bridgehead atoms. The number of anilines is 1. The second-order valence-corrected chi connectivity index (χ2v) is 7.75. The summed E-state index contributed by atoms with van der Waals surface area (Å²) in [5.41, 5.74) is 0.238. The largest absolute Gasteiger partial charge is 0.495 e. The molecule has 138 valence electrons. The molecule has 9 heteroatoms. The lowest BCUT2D eigenvalue weighted by Gasteiger charge is -2.17. The van der Waals surface area contributed by atoms with E-state index < -0.39 is 10.0 Å². The molecule has 0 radical (unpaired) electrons. The monoisotopic (exact) mass is 369 g/mol. The van der Waals surface area contributed by atoms with Crippen molar-refractivity contribution in [1.29, 1.82) is 0 Å². The maximum absolute atomic E-state index is 12.6. The lowest BCUT2D eigenvalue weighted by Crippen LogP contribution is -2.30. The van der Waals surface area contributed by atoms with Gasteiger partial charge in [-0.1, -0.05) is 0 Å². The average molecular weight is 369 g/mol. The number of ether oxygens (including phenoxy) is 1. The lowest BCUT2D eigenvalue weighted by atomic mass is 10.2. The Labute approximate surface area is 147 Å². The number of imide groups is 1. The van der Waals surface area contributed by atoms with Gasteiger partial charge in [0, 0.05) is 19.4 Å². The van der Waals surface area contributed by atoms with Crippen LogP contribution >= 0.6 is 0 Å². The molecule has 1 aromatic carbocycles. The number of methoxy groups -OCH3 is 1. The summed E-state index contributed by atoms with van der Waals surface area (Å²) in [6.07, 6.45) is 0.919. The Balaban J connectivity index is 2.27. The molecule has 1 heterocycles. The Kier molecular flexibility index (Phi) is 6.15. The number of sulfonamides is 1. The number of carbonyl (C=O) groups is 2. The van der Waals surface area contributed by atoms with E-state index in [2.05, 4.69) is 4.72 Å². The van der Waals surface area contributed by atoms with Crippen molar-refractivity contribution >= 4 is 27.5 Å². The Morgan fingerprint density at radius 3 is 2.40 bits per heavy atom. The number of benzene rings is 1. The Morgan fingerprint density at radius 1 is 1.20 bits per heavy atom. The Bertz CT molecular complexity index is 745. The van der Waals surface area contributed by atoms with Crippen LogP contribution in [0, 0.1) is 0 Å². The SMILES string of the molecule is COc1ccc(N2C(=O)CCC2=O)cc1S(=O)(=O)NCCCN(C)C. The minimum atomic E-state index is -3.83. The average Bonchev–Trinajstić information content (AvgIpc) is 2.89. The second-order valence-electron chi connectivity index (χ2n) is 6.01. The van der Waals surface area contributed by atoms with Gasteiger partial charge in [-0.2, -0.15) is 0 Å². The molecule has 0 spiro atoms. The number of hydrogen-bond donors (Lipinski definition) is 1. The summed E-state index contributed by atoms with van der Waals surface area (Å²) < 4.78 is 32.8. The molecule has 0 aliphatic carbocycles. The van der Waals surface area contributed by atoms with Crippen LogP contribution in [-0.4, -0.2) is 59.4 Å². The standard InChI is InChI=1S/C16H23N3O5S/c1-18(2)10-4-9-17-25(22,23)14-11-12(5-6-13(14)24-3)19-15(20)7-8-16(19)21/h5-6,11,17H,4,7-10H2,1-3H3. The maximum Gasteiger partial charge on any atom is 0.244 e. The molecule has 25 heavy (non-hydrogen) atoms. The molecule has 0 unspecified atom stereocenters. The smallest absolute Gasteiger partial charge is 0.244 e. The van der Waals surface area contributed by atoms with E-state index in [4.69, 9.17) is 4.74 Å². The number of amides is 2. The van der Waals surface area contributed by atoms with E-state index in [0.29, 0.717) is 6.42 Å². The van der Waals surface area contributed by atoms with Crippen molar-refractivity contribution in [2.24, 2.45) is 0 Å². The highest BCUT2D eigenvalue weighted by atomic mass is 32.2. The number of carbonyl (C=O) groups excluding carboxylic acids is 2. The van der Waals surface area contributed by atoms with Gasteiger partial charge in [0.05, 0.1) is 12.8 Å². The molecule has 1 fully saturated rings. The first kappa shape index (κ1) is 19.4. The third-order valence-corrected chi connectivity index (χ3v) is 5.30. The zero-order valence-corrected chi connectivity index (χ0v) is 15.4. The first-order chi connectivity index (χ1) is 11.8. The van der Waals surface area contributed by atoms with Gasteiger partial charge in [0.2, 0.25) is 21.8 Å². The molecule has 1 aliphatic rings. The van der Waals surface area contributed by atoms with Crippen LogP contribution in [-0.2, 0) is 19.6 Å². The molecule has 1 saturated heterocycles. The Hall–Kier alpha value is -1.97. The number of nitrogens with one attached hydrogen (secondary N) is 1. The van der Waals surface area contributed by atoms with E-state index in [-0.39, 0.29) is 47.5 Å². The van der Waals surface area contributed by atoms with Gasteiger partial charge in [-0.15, -0.1) is 0 Å². The molecular weight excluding hydrogens is 346 g/mol. The van der Waals surface area contributed by atoms with Crippen LogP contribution < -0.4 is 14.4 Å².